The summed E-state index contributed by atoms with van der Waals surface area (Å²) in [7, 11) is 1.65. The van der Waals surface area contributed by atoms with Crippen LogP contribution in [-0.4, -0.2) is 56.2 Å². The lowest BCUT2D eigenvalue weighted by Crippen LogP contribution is -2.22. The van der Waals surface area contributed by atoms with Gasteiger partial charge < -0.3 is 14.7 Å². The van der Waals surface area contributed by atoms with E-state index < -0.39 is 6.10 Å². The molecule has 1 aliphatic rings. The van der Waals surface area contributed by atoms with E-state index in [1.54, 1.807) is 30.3 Å². The fraction of sp³-hybridized carbons (Fsp3) is 0.273. The van der Waals surface area contributed by atoms with Crippen molar-refractivity contribution < 1.29 is 9.84 Å². The van der Waals surface area contributed by atoms with Gasteiger partial charge in [-0.1, -0.05) is 0 Å². The van der Waals surface area contributed by atoms with E-state index in [-0.39, 0.29) is 5.92 Å². The molecule has 1 aliphatic heterocycles. The van der Waals surface area contributed by atoms with Gasteiger partial charge >= 0.3 is 0 Å². The summed E-state index contributed by atoms with van der Waals surface area (Å²) in [5.41, 5.74) is 4.57. The number of aliphatic hydroxyl groups excluding tert-OH is 1. The summed E-state index contributed by atoms with van der Waals surface area (Å²) in [6.45, 7) is 1.28. The summed E-state index contributed by atoms with van der Waals surface area (Å²) in [5, 5.41) is 23.7. The summed E-state index contributed by atoms with van der Waals surface area (Å²) in [6.07, 6.45) is 5.57. The molecule has 0 radical (unpaired) electrons. The Hall–Kier alpha value is -3.52. The Morgan fingerprint density at radius 2 is 1.90 bits per heavy atom. The minimum absolute atomic E-state index is 0.132. The Balaban J connectivity index is 1.47. The Bertz CT molecular complexity index is 1150. The molecule has 5 rings (SSSR count). The van der Waals surface area contributed by atoms with Crippen LogP contribution in [-0.2, 0) is 6.42 Å². The lowest BCUT2D eigenvalue weighted by atomic mass is 9.97. The van der Waals surface area contributed by atoms with Crippen LogP contribution in [0.3, 0.4) is 0 Å². The molecule has 1 fully saturated rings. The molecule has 0 unspecified atom stereocenters. The minimum atomic E-state index is -0.418. The fourth-order valence-electron chi connectivity index (χ4n) is 4.02. The van der Waals surface area contributed by atoms with E-state index in [0.717, 1.165) is 35.7 Å². The standard InChI is InChI=1S/C22H22N6O2/c1-30-18-4-2-16(3-5-18)19-11-20(22-25-24-14-28(22)26-19)27-12-17(21(29)13-27)10-15-6-8-23-9-7-15/h2-9,11,14,17,21,29H,10,12-13H2,1H3/t17-,21+/m1/s1. The zero-order valence-electron chi connectivity index (χ0n) is 16.6. The summed E-state index contributed by atoms with van der Waals surface area (Å²) in [4.78, 5) is 6.25. The summed E-state index contributed by atoms with van der Waals surface area (Å²) in [6, 6.07) is 13.8. The highest BCUT2D eigenvalue weighted by molar-refractivity contribution is 5.74. The van der Waals surface area contributed by atoms with Gasteiger partial charge in [0.1, 0.15) is 12.1 Å². The van der Waals surface area contributed by atoms with Crippen molar-refractivity contribution in [3.8, 4) is 17.0 Å². The first-order chi connectivity index (χ1) is 14.7. The number of methoxy groups -OCH3 is 1. The molecule has 1 N–H and O–H groups in total. The van der Waals surface area contributed by atoms with Gasteiger partial charge in [-0.25, -0.2) is 0 Å². The molecule has 0 bridgehead atoms. The number of nitrogens with zero attached hydrogens (tertiary/aromatic N) is 6. The highest BCUT2D eigenvalue weighted by Crippen LogP contribution is 2.32. The second kappa shape index (κ2) is 7.72. The van der Waals surface area contributed by atoms with Gasteiger partial charge in [-0.2, -0.15) is 9.61 Å². The van der Waals surface area contributed by atoms with Gasteiger partial charge in [0.15, 0.2) is 0 Å². The number of benzene rings is 1. The van der Waals surface area contributed by atoms with Crippen molar-refractivity contribution in [1.82, 2.24) is 24.8 Å². The summed E-state index contributed by atoms with van der Waals surface area (Å²) < 4.78 is 6.95. The first kappa shape index (κ1) is 18.5. The van der Waals surface area contributed by atoms with Crippen molar-refractivity contribution in [2.75, 3.05) is 25.1 Å². The molecule has 0 spiro atoms. The van der Waals surface area contributed by atoms with E-state index >= 15 is 0 Å². The number of rotatable bonds is 5. The summed E-state index contributed by atoms with van der Waals surface area (Å²) >= 11 is 0. The molecule has 8 heteroatoms. The van der Waals surface area contributed by atoms with E-state index in [2.05, 4.69) is 25.2 Å². The van der Waals surface area contributed by atoms with E-state index in [0.29, 0.717) is 12.2 Å². The molecule has 0 saturated carbocycles. The van der Waals surface area contributed by atoms with Crippen LogP contribution in [0.1, 0.15) is 5.56 Å². The van der Waals surface area contributed by atoms with Gasteiger partial charge in [-0.3, -0.25) is 4.98 Å². The van der Waals surface area contributed by atoms with Crippen molar-refractivity contribution in [3.63, 3.8) is 0 Å². The SMILES string of the molecule is COc1ccc(-c2cc(N3C[C@@H](Cc4ccncc4)[C@@H](O)C3)c3nncn3n2)cc1. The zero-order chi connectivity index (χ0) is 20.5. The van der Waals surface area contributed by atoms with E-state index in [4.69, 9.17) is 4.74 Å². The van der Waals surface area contributed by atoms with Gasteiger partial charge in [-0.15, -0.1) is 10.2 Å². The van der Waals surface area contributed by atoms with Crippen LogP contribution in [0.2, 0.25) is 0 Å². The molecule has 30 heavy (non-hydrogen) atoms. The van der Waals surface area contributed by atoms with Crippen LogP contribution in [0, 0.1) is 5.92 Å². The maximum absolute atomic E-state index is 10.7. The number of anilines is 1. The second-order valence-corrected chi connectivity index (χ2v) is 7.53. The molecule has 2 atom stereocenters. The molecule has 1 saturated heterocycles. The monoisotopic (exact) mass is 402 g/mol. The van der Waals surface area contributed by atoms with Crippen LogP contribution in [0.15, 0.2) is 61.2 Å². The maximum atomic E-state index is 10.7. The highest BCUT2D eigenvalue weighted by atomic mass is 16.5. The summed E-state index contributed by atoms with van der Waals surface area (Å²) in [5.74, 6) is 0.930. The third-order valence-corrected chi connectivity index (χ3v) is 5.63. The second-order valence-electron chi connectivity index (χ2n) is 7.53. The molecule has 0 amide bonds. The van der Waals surface area contributed by atoms with Gasteiger partial charge in [-0.05, 0) is 54.4 Å². The normalized spacial score (nSPS) is 18.8. The zero-order valence-corrected chi connectivity index (χ0v) is 16.6. The molecule has 0 aliphatic carbocycles. The Morgan fingerprint density at radius 1 is 1.10 bits per heavy atom. The topological polar surface area (TPSA) is 88.7 Å². The number of fused-ring (bicyclic) bond motifs is 1. The van der Waals surface area contributed by atoms with Crippen LogP contribution < -0.4 is 9.64 Å². The molecule has 4 heterocycles. The van der Waals surface area contributed by atoms with E-state index in [1.165, 1.54) is 5.56 Å². The van der Waals surface area contributed by atoms with Crippen LogP contribution in [0.25, 0.3) is 16.9 Å². The molecule has 1 aromatic carbocycles. The van der Waals surface area contributed by atoms with Crippen molar-refractivity contribution in [1.29, 1.82) is 0 Å². The third-order valence-electron chi connectivity index (χ3n) is 5.63. The van der Waals surface area contributed by atoms with Crippen LogP contribution >= 0.6 is 0 Å². The molecule has 3 aromatic heterocycles. The minimum Gasteiger partial charge on any atom is -0.497 e. The van der Waals surface area contributed by atoms with E-state index in [1.807, 2.05) is 42.5 Å². The smallest absolute Gasteiger partial charge is 0.200 e. The number of hydrogen-bond donors (Lipinski definition) is 1. The van der Waals surface area contributed by atoms with Gasteiger partial charge in [0.2, 0.25) is 5.65 Å². The highest BCUT2D eigenvalue weighted by Gasteiger charge is 2.33. The fourth-order valence-corrected chi connectivity index (χ4v) is 4.02. The lowest BCUT2D eigenvalue weighted by molar-refractivity contribution is 0.148. The lowest BCUT2D eigenvalue weighted by Gasteiger charge is -2.19. The van der Waals surface area contributed by atoms with Crippen molar-refractivity contribution in [2.45, 2.75) is 12.5 Å². The third kappa shape index (κ3) is 3.46. The maximum Gasteiger partial charge on any atom is 0.200 e. The van der Waals surface area contributed by atoms with Crippen LogP contribution in [0.4, 0.5) is 5.69 Å². The van der Waals surface area contributed by atoms with Crippen LogP contribution in [0.5, 0.6) is 5.75 Å². The first-order valence-electron chi connectivity index (χ1n) is 9.88. The predicted molar refractivity (Wildman–Crippen MR) is 112 cm³/mol. The first-order valence-corrected chi connectivity index (χ1v) is 9.88. The molecular formula is C22H22N6O2. The quantitative estimate of drug-likeness (QED) is 0.548. The largest absolute Gasteiger partial charge is 0.497 e. The van der Waals surface area contributed by atoms with Crippen molar-refractivity contribution in [3.05, 3.63) is 66.7 Å². The van der Waals surface area contributed by atoms with Crippen molar-refractivity contribution >= 4 is 11.3 Å². The molecule has 152 valence electrons. The van der Waals surface area contributed by atoms with Gasteiger partial charge in [0.05, 0.1) is 24.6 Å². The van der Waals surface area contributed by atoms with Gasteiger partial charge in [0.25, 0.3) is 0 Å². The number of pyridine rings is 1. The number of hydrogen-bond acceptors (Lipinski definition) is 7. The Labute approximate surface area is 173 Å². The number of aliphatic hydroxyl groups is 1. The molecule has 4 aromatic rings. The van der Waals surface area contributed by atoms with E-state index in [9.17, 15) is 5.11 Å². The Morgan fingerprint density at radius 3 is 2.67 bits per heavy atom. The number of aromatic nitrogens is 5. The molecule has 8 nitrogen and oxygen atoms in total. The van der Waals surface area contributed by atoms with Crippen molar-refractivity contribution in [2.24, 2.45) is 5.92 Å². The number of ether oxygens (including phenoxy) is 1. The Kier molecular flexibility index (Phi) is 4.76. The average molecular weight is 402 g/mol. The predicted octanol–water partition coefficient (Wildman–Crippen LogP) is 2.23. The number of β-amino-alcohol motifs (C(OH)–C–C–N with tert-alkyl or cyclic N) is 1. The van der Waals surface area contributed by atoms with Gasteiger partial charge in [0, 0.05) is 37.0 Å². The average Bonchev–Trinajstić information content (AvgIpc) is 3.40. The molecular weight excluding hydrogens is 380 g/mol.